The van der Waals surface area contributed by atoms with E-state index in [9.17, 15) is 26.4 Å². The number of fused-ring (bicyclic) bond motifs is 1. The van der Waals surface area contributed by atoms with Gasteiger partial charge in [-0.3, -0.25) is 14.5 Å². The van der Waals surface area contributed by atoms with Gasteiger partial charge in [0.05, 0.1) is 18.1 Å². The van der Waals surface area contributed by atoms with Crippen LogP contribution in [0.3, 0.4) is 0 Å². The van der Waals surface area contributed by atoms with Gasteiger partial charge in [0.2, 0.25) is 11.8 Å². The molecular weight excluding hydrogens is 572 g/mol. The molecule has 2 amide bonds. The lowest BCUT2D eigenvalue weighted by Gasteiger charge is -2.35. The quantitative estimate of drug-likeness (QED) is 0.510. The van der Waals surface area contributed by atoms with Gasteiger partial charge in [-0.05, 0) is 55.3 Å². The molecule has 0 radical (unpaired) electrons. The molecule has 0 saturated carbocycles. The van der Waals surface area contributed by atoms with Crippen LogP contribution in [0.2, 0.25) is 5.02 Å². The van der Waals surface area contributed by atoms with Gasteiger partial charge in [0.1, 0.15) is 10.3 Å². The van der Waals surface area contributed by atoms with Crippen LogP contribution in [-0.2, 0) is 29.4 Å². The Balaban J connectivity index is 1.20. The van der Waals surface area contributed by atoms with E-state index in [0.717, 1.165) is 34.3 Å². The fourth-order valence-corrected chi connectivity index (χ4v) is 9.49. The minimum atomic E-state index is -3.93. The number of nitrogens with zero attached hydrogens (tertiary/aromatic N) is 3. The van der Waals surface area contributed by atoms with Gasteiger partial charge >= 0.3 is 0 Å². The van der Waals surface area contributed by atoms with Gasteiger partial charge in [-0.2, -0.15) is 4.72 Å². The highest BCUT2D eigenvalue weighted by atomic mass is 35.5. The second-order valence-electron chi connectivity index (χ2n) is 10.2. The molecular formula is C24H31ClN4O6S3. The van der Waals surface area contributed by atoms with Crippen molar-refractivity contribution in [1.29, 1.82) is 0 Å². The van der Waals surface area contributed by atoms with E-state index >= 15 is 0 Å². The topological polar surface area (TPSA) is 124 Å². The van der Waals surface area contributed by atoms with Crippen molar-refractivity contribution < 1.29 is 26.4 Å². The Kier molecular flexibility index (Phi) is 8.05. The molecule has 3 aliphatic rings. The van der Waals surface area contributed by atoms with Crippen LogP contribution >= 0.6 is 22.9 Å². The van der Waals surface area contributed by atoms with E-state index in [-0.39, 0.29) is 34.2 Å². The lowest BCUT2D eigenvalue weighted by Crippen LogP contribution is -2.55. The number of benzene rings is 1. The van der Waals surface area contributed by atoms with Gasteiger partial charge < -0.3 is 9.80 Å². The van der Waals surface area contributed by atoms with Gasteiger partial charge in [0.15, 0.2) is 9.84 Å². The van der Waals surface area contributed by atoms with E-state index < -0.39 is 31.8 Å². The number of carbonyl (C=O) groups is 2. The predicted octanol–water partition coefficient (Wildman–Crippen LogP) is 1.55. The van der Waals surface area contributed by atoms with E-state index in [1.807, 2.05) is 0 Å². The van der Waals surface area contributed by atoms with E-state index in [2.05, 4.69) is 9.62 Å². The van der Waals surface area contributed by atoms with E-state index in [4.69, 9.17) is 11.6 Å². The summed E-state index contributed by atoms with van der Waals surface area (Å²) in [7, 11) is -6.90. The Morgan fingerprint density at radius 2 is 1.82 bits per heavy atom. The highest BCUT2D eigenvalue weighted by Crippen LogP contribution is 2.31. The average molecular weight is 603 g/mol. The number of hydrogen-bond acceptors (Lipinski definition) is 8. The maximum Gasteiger partial charge on any atom is 0.250 e. The molecule has 3 saturated heterocycles. The van der Waals surface area contributed by atoms with Gasteiger partial charge in [0, 0.05) is 48.5 Å². The Hall–Kier alpha value is -1.77. The van der Waals surface area contributed by atoms with Crippen molar-refractivity contribution in [2.75, 3.05) is 50.8 Å². The highest BCUT2D eigenvalue weighted by Gasteiger charge is 2.37. The van der Waals surface area contributed by atoms with Gasteiger partial charge in [-0.15, -0.1) is 11.3 Å². The molecule has 1 aromatic heterocycles. The first-order valence-corrected chi connectivity index (χ1v) is 17.2. The first-order chi connectivity index (χ1) is 18.0. The average Bonchev–Trinajstić information content (AvgIpc) is 3.50. The smallest absolute Gasteiger partial charge is 0.250 e. The SMILES string of the molecule is O=C1C(NS(=O)(=O)c2cc3cc(Cl)ccc3s2)CCCN1CC(=O)N1CCCC1CN1CCS(=O)(=O)CC1. The summed E-state index contributed by atoms with van der Waals surface area (Å²) in [6.07, 6.45) is 2.65. The maximum absolute atomic E-state index is 13.2. The predicted molar refractivity (Wildman–Crippen MR) is 147 cm³/mol. The Morgan fingerprint density at radius 3 is 2.58 bits per heavy atom. The molecule has 5 rings (SSSR count). The van der Waals surface area contributed by atoms with Crippen LogP contribution in [0.5, 0.6) is 0 Å². The number of carbonyl (C=O) groups excluding carboxylic acids is 2. The van der Waals surface area contributed by atoms with Crippen molar-refractivity contribution in [2.24, 2.45) is 0 Å². The maximum atomic E-state index is 13.2. The van der Waals surface area contributed by atoms with Crippen molar-refractivity contribution in [2.45, 2.75) is 42.0 Å². The largest absolute Gasteiger partial charge is 0.337 e. The fraction of sp³-hybridized carbons (Fsp3) is 0.583. The lowest BCUT2D eigenvalue weighted by molar-refractivity contribution is -0.143. The Bertz CT molecular complexity index is 1430. The monoisotopic (exact) mass is 602 g/mol. The third-order valence-corrected chi connectivity index (χ3v) is 12.4. The van der Waals surface area contributed by atoms with E-state index in [0.29, 0.717) is 50.6 Å². The van der Waals surface area contributed by atoms with Crippen molar-refractivity contribution in [3.8, 4) is 0 Å². The summed E-state index contributed by atoms with van der Waals surface area (Å²) >= 11 is 7.14. The number of sulfonamides is 1. The number of nitrogens with one attached hydrogen (secondary N) is 1. The van der Waals surface area contributed by atoms with E-state index in [1.165, 1.54) is 4.90 Å². The third-order valence-electron chi connectivity index (χ3n) is 7.48. The van der Waals surface area contributed by atoms with E-state index in [1.54, 1.807) is 29.2 Å². The van der Waals surface area contributed by atoms with Crippen LogP contribution in [0.4, 0.5) is 0 Å². The first kappa shape index (κ1) is 27.8. The van der Waals surface area contributed by atoms with Crippen LogP contribution in [0.15, 0.2) is 28.5 Å². The highest BCUT2D eigenvalue weighted by molar-refractivity contribution is 7.92. The molecule has 10 nitrogen and oxygen atoms in total. The number of halogens is 1. The number of amides is 2. The molecule has 1 N–H and O–H groups in total. The van der Waals surface area contributed by atoms with Crippen molar-refractivity contribution in [3.05, 3.63) is 29.3 Å². The molecule has 2 atom stereocenters. The van der Waals surface area contributed by atoms with Crippen molar-refractivity contribution in [3.63, 3.8) is 0 Å². The number of thiophene rings is 1. The molecule has 0 aliphatic carbocycles. The molecule has 38 heavy (non-hydrogen) atoms. The number of piperidine rings is 1. The zero-order valence-electron chi connectivity index (χ0n) is 20.8. The molecule has 2 unspecified atom stereocenters. The van der Waals surface area contributed by atoms with Gasteiger partial charge in [-0.1, -0.05) is 11.6 Å². The van der Waals surface area contributed by atoms with Gasteiger partial charge in [0.25, 0.3) is 10.0 Å². The molecule has 14 heteroatoms. The number of likely N-dealkylation sites (tertiary alicyclic amines) is 2. The number of sulfone groups is 1. The van der Waals surface area contributed by atoms with Crippen LogP contribution in [0, 0.1) is 0 Å². The fourth-order valence-electron chi connectivity index (χ4n) is 5.41. The molecule has 0 spiro atoms. The third kappa shape index (κ3) is 6.18. The molecule has 3 aliphatic heterocycles. The lowest BCUT2D eigenvalue weighted by atomic mass is 10.1. The zero-order chi connectivity index (χ0) is 27.1. The summed E-state index contributed by atoms with van der Waals surface area (Å²) in [6, 6.07) is 5.77. The second-order valence-corrected chi connectivity index (χ2v) is 15.9. The minimum Gasteiger partial charge on any atom is -0.337 e. The summed E-state index contributed by atoms with van der Waals surface area (Å²) in [5.41, 5.74) is 0. The standard InChI is InChI=1S/C24H31ClN4O6S3/c25-18-5-6-21-17(13-18)14-23(36-21)38(34,35)26-20-4-2-7-28(24(20)31)16-22(30)29-8-1-3-19(29)15-27-9-11-37(32,33)12-10-27/h5-6,13-14,19-20,26H,1-4,7-12,15-16H2. The van der Waals surface area contributed by atoms with Crippen LogP contribution < -0.4 is 4.72 Å². The van der Waals surface area contributed by atoms with Crippen LogP contribution in [0.25, 0.3) is 10.1 Å². The first-order valence-electron chi connectivity index (χ1n) is 12.7. The summed E-state index contributed by atoms with van der Waals surface area (Å²) in [6.45, 7) is 2.47. The molecule has 3 fully saturated rings. The van der Waals surface area contributed by atoms with Crippen LogP contribution in [-0.4, -0.2) is 106 Å². The molecule has 0 bridgehead atoms. The molecule has 1 aromatic carbocycles. The Morgan fingerprint density at radius 1 is 1.08 bits per heavy atom. The Labute approximate surface area is 231 Å². The summed E-state index contributed by atoms with van der Waals surface area (Å²) in [5, 5.41) is 1.23. The minimum absolute atomic E-state index is 0.0149. The number of rotatable bonds is 7. The van der Waals surface area contributed by atoms with Crippen LogP contribution in [0.1, 0.15) is 25.7 Å². The summed E-state index contributed by atoms with van der Waals surface area (Å²) in [4.78, 5) is 31.8. The van der Waals surface area contributed by atoms with Crippen molar-refractivity contribution in [1.82, 2.24) is 19.4 Å². The molecule has 2 aromatic rings. The second kappa shape index (κ2) is 11.0. The summed E-state index contributed by atoms with van der Waals surface area (Å²) < 4.78 is 53.1. The zero-order valence-corrected chi connectivity index (χ0v) is 24.0. The number of hydrogen-bond donors (Lipinski definition) is 1. The molecule has 208 valence electrons. The molecule has 4 heterocycles. The normalized spacial score (nSPS) is 24.8. The van der Waals surface area contributed by atoms with Crippen molar-refractivity contribution >= 4 is 64.7 Å². The van der Waals surface area contributed by atoms with Gasteiger partial charge in [-0.25, -0.2) is 16.8 Å². The summed E-state index contributed by atoms with van der Waals surface area (Å²) in [5.74, 6) is -0.269.